The van der Waals surface area contributed by atoms with Crippen LogP contribution in [0.3, 0.4) is 0 Å². The van der Waals surface area contributed by atoms with Gasteiger partial charge in [0.1, 0.15) is 17.3 Å². The predicted octanol–water partition coefficient (Wildman–Crippen LogP) is 3.25. The number of hydrogen-bond acceptors (Lipinski definition) is 7. The standard InChI is InChI=1S/C23H24N4O4/c1-26-14-17(13-25-26)16-10-22-20(24-12-16)4-5-21(27(22)6-7-28)23(29)15-8-18(30-2)11-19(9-15)31-3/h4-5,8-14,28-29H,6-7H2,1-3H3/b23-21+. The summed E-state index contributed by atoms with van der Waals surface area (Å²) < 4.78 is 12.4. The molecule has 0 amide bonds. The van der Waals surface area contributed by atoms with Crippen molar-refractivity contribution >= 4 is 17.5 Å². The molecule has 31 heavy (non-hydrogen) atoms. The second-order valence-corrected chi connectivity index (χ2v) is 7.07. The maximum absolute atomic E-state index is 11.2. The zero-order valence-electron chi connectivity index (χ0n) is 17.6. The smallest absolute Gasteiger partial charge is 0.146 e. The predicted molar refractivity (Wildman–Crippen MR) is 119 cm³/mol. The molecule has 3 heterocycles. The van der Waals surface area contributed by atoms with Crippen LogP contribution in [-0.4, -0.2) is 52.3 Å². The van der Waals surface area contributed by atoms with Crippen LogP contribution >= 0.6 is 0 Å². The summed E-state index contributed by atoms with van der Waals surface area (Å²) in [6.07, 6.45) is 9.11. The Labute approximate surface area is 180 Å². The Hall–Kier alpha value is -3.78. The minimum Gasteiger partial charge on any atom is -0.505 e. The van der Waals surface area contributed by atoms with Crippen molar-refractivity contribution in [2.75, 3.05) is 32.3 Å². The second kappa shape index (κ2) is 8.53. The normalized spacial score (nSPS) is 14.4. The van der Waals surface area contributed by atoms with Crippen molar-refractivity contribution in [1.29, 1.82) is 0 Å². The Kier molecular flexibility index (Phi) is 5.64. The summed E-state index contributed by atoms with van der Waals surface area (Å²) in [6, 6.07) is 7.19. The number of rotatable bonds is 6. The fourth-order valence-corrected chi connectivity index (χ4v) is 3.55. The Morgan fingerprint density at radius 2 is 1.74 bits per heavy atom. The van der Waals surface area contributed by atoms with E-state index >= 15 is 0 Å². The summed E-state index contributed by atoms with van der Waals surface area (Å²) in [6.45, 7) is 0.193. The molecule has 0 unspecified atom stereocenters. The summed E-state index contributed by atoms with van der Waals surface area (Å²) in [5.74, 6) is 1.17. The van der Waals surface area contributed by atoms with Crippen molar-refractivity contribution in [2.24, 2.45) is 7.05 Å². The molecular weight excluding hydrogens is 396 g/mol. The molecule has 0 bridgehead atoms. The molecule has 4 rings (SSSR count). The molecule has 1 aliphatic rings. The van der Waals surface area contributed by atoms with Crippen LogP contribution < -0.4 is 14.4 Å². The van der Waals surface area contributed by atoms with Crippen LogP contribution in [0.2, 0.25) is 0 Å². The van der Waals surface area contributed by atoms with Crippen LogP contribution in [0.15, 0.2) is 54.6 Å². The molecule has 3 aromatic rings. The molecule has 0 saturated carbocycles. The first-order valence-electron chi connectivity index (χ1n) is 9.76. The topological polar surface area (TPSA) is 92.9 Å². The van der Waals surface area contributed by atoms with Gasteiger partial charge in [-0.05, 0) is 30.4 Å². The number of hydrogen-bond donors (Lipinski definition) is 2. The number of ether oxygens (including phenoxy) is 2. The second-order valence-electron chi connectivity index (χ2n) is 7.07. The summed E-state index contributed by atoms with van der Waals surface area (Å²) in [5.41, 5.74) is 4.45. The number of anilines is 1. The maximum Gasteiger partial charge on any atom is 0.146 e. The van der Waals surface area contributed by atoms with Crippen LogP contribution in [-0.2, 0) is 7.05 Å². The van der Waals surface area contributed by atoms with Crippen LogP contribution in [0.1, 0.15) is 11.3 Å². The number of aliphatic hydroxyl groups is 2. The highest BCUT2D eigenvalue weighted by atomic mass is 16.5. The molecule has 0 atom stereocenters. The summed E-state index contributed by atoms with van der Waals surface area (Å²) in [5, 5.41) is 25.1. The molecule has 8 heteroatoms. The minimum atomic E-state index is -0.0946. The molecule has 8 nitrogen and oxygen atoms in total. The number of aliphatic hydroxyl groups excluding tert-OH is 2. The van der Waals surface area contributed by atoms with Gasteiger partial charge in [-0.2, -0.15) is 5.10 Å². The van der Waals surface area contributed by atoms with E-state index in [0.717, 1.165) is 22.5 Å². The molecule has 0 spiro atoms. The van der Waals surface area contributed by atoms with Crippen molar-refractivity contribution < 1.29 is 19.7 Å². The third-order valence-electron chi connectivity index (χ3n) is 5.11. The van der Waals surface area contributed by atoms with Gasteiger partial charge in [0, 0.05) is 48.7 Å². The molecule has 1 aromatic carbocycles. The average Bonchev–Trinajstić information content (AvgIpc) is 3.24. The number of fused-ring (bicyclic) bond motifs is 1. The highest BCUT2D eigenvalue weighted by molar-refractivity contribution is 5.83. The quantitative estimate of drug-likeness (QED) is 0.591. The molecular formula is C23H24N4O4. The van der Waals surface area contributed by atoms with E-state index in [2.05, 4.69) is 10.1 Å². The fourth-order valence-electron chi connectivity index (χ4n) is 3.55. The van der Waals surface area contributed by atoms with Gasteiger partial charge in [0.15, 0.2) is 0 Å². The van der Waals surface area contributed by atoms with Crippen molar-refractivity contribution in [2.45, 2.75) is 0 Å². The Balaban J connectivity index is 1.82. The van der Waals surface area contributed by atoms with Gasteiger partial charge >= 0.3 is 0 Å². The third-order valence-corrected chi connectivity index (χ3v) is 5.11. The number of pyridine rings is 1. The molecule has 0 aliphatic carbocycles. The molecule has 0 radical (unpaired) electrons. The third kappa shape index (κ3) is 3.97. The number of aromatic nitrogens is 3. The van der Waals surface area contributed by atoms with Crippen LogP contribution in [0.5, 0.6) is 11.5 Å². The van der Waals surface area contributed by atoms with Gasteiger partial charge in [-0.15, -0.1) is 0 Å². The highest BCUT2D eigenvalue weighted by Crippen LogP contribution is 2.36. The molecule has 0 fully saturated rings. The van der Waals surface area contributed by atoms with E-state index in [4.69, 9.17) is 9.47 Å². The first-order valence-corrected chi connectivity index (χ1v) is 9.76. The molecule has 1 aliphatic heterocycles. The van der Waals surface area contributed by atoms with Gasteiger partial charge in [-0.3, -0.25) is 9.67 Å². The zero-order valence-corrected chi connectivity index (χ0v) is 17.6. The van der Waals surface area contributed by atoms with Gasteiger partial charge in [0.2, 0.25) is 0 Å². The Morgan fingerprint density at radius 1 is 1.00 bits per heavy atom. The molecule has 160 valence electrons. The van der Waals surface area contributed by atoms with Gasteiger partial charge in [0.05, 0.1) is 44.1 Å². The SMILES string of the molecule is COc1cc(OC)cc(/C(O)=C2/C=Cc3ncc(-c4cnn(C)c4)cc3N2CCO)c1. The average molecular weight is 420 g/mol. The lowest BCUT2D eigenvalue weighted by atomic mass is 10.0. The van der Waals surface area contributed by atoms with E-state index in [1.165, 1.54) is 0 Å². The van der Waals surface area contributed by atoms with Gasteiger partial charge < -0.3 is 24.6 Å². The van der Waals surface area contributed by atoms with E-state index in [1.807, 2.05) is 30.3 Å². The van der Waals surface area contributed by atoms with Gasteiger partial charge in [0.25, 0.3) is 0 Å². The van der Waals surface area contributed by atoms with Crippen LogP contribution in [0, 0.1) is 0 Å². The lowest BCUT2D eigenvalue weighted by Crippen LogP contribution is -2.29. The maximum atomic E-state index is 11.2. The molecule has 2 aromatic heterocycles. The minimum absolute atomic E-state index is 0.0410. The van der Waals surface area contributed by atoms with Crippen molar-refractivity contribution in [1.82, 2.24) is 14.8 Å². The van der Waals surface area contributed by atoms with E-state index < -0.39 is 0 Å². The number of β-amino-alcohol motifs (C(OH)–C–C–N with tert-alkyl or cyclic N) is 1. The number of benzene rings is 1. The number of nitrogens with zero attached hydrogens (tertiary/aromatic N) is 4. The highest BCUT2D eigenvalue weighted by Gasteiger charge is 2.23. The van der Waals surface area contributed by atoms with Crippen molar-refractivity contribution in [3.8, 4) is 22.6 Å². The summed E-state index contributed by atoms with van der Waals surface area (Å²) in [7, 11) is 4.98. The number of aryl methyl sites for hydroxylation is 1. The van der Waals surface area contributed by atoms with E-state index in [0.29, 0.717) is 22.8 Å². The van der Waals surface area contributed by atoms with Crippen molar-refractivity contribution in [3.05, 3.63) is 65.9 Å². The van der Waals surface area contributed by atoms with E-state index in [1.54, 1.807) is 55.6 Å². The van der Waals surface area contributed by atoms with E-state index in [-0.39, 0.29) is 18.9 Å². The largest absolute Gasteiger partial charge is 0.505 e. The molecule has 2 N–H and O–H groups in total. The summed E-state index contributed by atoms with van der Waals surface area (Å²) in [4.78, 5) is 6.42. The fraction of sp³-hybridized carbons (Fsp3) is 0.217. The number of methoxy groups -OCH3 is 2. The van der Waals surface area contributed by atoms with E-state index in [9.17, 15) is 10.2 Å². The van der Waals surface area contributed by atoms with Crippen molar-refractivity contribution in [3.63, 3.8) is 0 Å². The summed E-state index contributed by atoms with van der Waals surface area (Å²) >= 11 is 0. The Bertz CT molecular complexity index is 1140. The number of allylic oxidation sites excluding steroid dienone is 1. The zero-order chi connectivity index (χ0) is 22.0. The molecule has 0 saturated heterocycles. The van der Waals surface area contributed by atoms with Gasteiger partial charge in [-0.25, -0.2) is 0 Å². The lowest BCUT2D eigenvalue weighted by Gasteiger charge is -2.30. The lowest BCUT2D eigenvalue weighted by molar-refractivity contribution is 0.304. The first kappa shape index (κ1) is 20.5. The van der Waals surface area contributed by atoms with Gasteiger partial charge in [-0.1, -0.05) is 0 Å². The monoisotopic (exact) mass is 420 g/mol. The van der Waals surface area contributed by atoms with Crippen LogP contribution in [0.4, 0.5) is 5.69 Å². The Morgan fingerprint density at radius 3 is 2.35 bits per heavy atom. The first-order chi connectivity index (χ1) is 15.0. The van der Waals surface area contributed by atoms with Crippen LogP contribution in [0.25, 0.3) is 23.0 Å².